The minimum absolute atomic E-state index is 0.149. The zero-order valence-electron chi connectivity index (χ0n) is 15.3. The number of fused-ring (bicyclic) bond motifs is 1. The maximum Gasteiger partial charge on any atom is 0.573 e. The van der Waals surface area contributed by atoms with Gasteiger partial charge in [-0.15, -0.1) is 18.3 Å². The van der Waals surface area contributed by atoms with Crippen LogP contribution in [-0.2, 0) is 0 Å². The van der Waals surface area contributed by atoms with E-state index in [4.69, 9.17) is 5.11 Å². The Morgan fingerprint density at radius 3 is 2.47 bits per heavy atom. The lowest BCUT2D eigenvalue weighted by atomic mass is 10.0. The fourth-order valence-electron chi connectivity index (χ4n) is 3.44. The van der Waals surface area contributed by atoms with Gasteiger partial charge in [0.25, 0.3) is 5.56 Å². The predicted molar refractivity (Wildman–Crippen MR) is 99.2 cm³/mol. The minimum Gasteiger partial charge on any atom is -0.465 e. The standard InChI is InChI=1S/C19H15F3N4O4/c20-19(21,22)30-14-4-1-11(2-5-14)12-3-6-16-15(9-12)17(27)26(24-23-16)13-7-8-25(10-13)18(28)29/h1-6,9,13H,7-8,10H2,(H,28,29)/t13-/m0/s1. The maximum absolute atomic E-state index is 12.9. The lowest BCUT2D eigenvalue weighted by molar-refractivity contribution is -0.274. The monoisotopic (exact) mass is 420 g/mol. The van der Waals surface area contributed by atoms with Gasteiger partial charge >= 0.3 is 12.5 Å². The second-order valence-corrected chi connectivity index (χ2v) is 6.81. The number of carbonyl (C=O) groups is 1. The van der Waals surface area contributed by atoms with Crippen molar-refractivity contribution in [3.05, 3.63) is 52.8 Å². The number of alkyl halides is 3. The molecule has 0 spiro atoms. The number of halogens is 3. The number of hydrogen-bond donors (Lipinski definition) is 1. The van der Waals surface area contributed by atoms with Gasteiger partial charge in [-0.25, -0.2) is 9.48 Å². The molecule has 1 atom stereocenters. The second kappa shape index (κ2) is 7.32. The molecule has 3 aromatic rings. The van der Waals surface area contributed by atoms with Crippen LogP contribution in [0.4, 0.5) is 18.0 Å². The van der Waals surface area contributed by atoms with Crippen LogP contribution in [0.2, 0.25) is 0 Å². The Morgan fingerprint density at radius 1 is 1.13 bits per heavy atom. The largest absolute Gasteiger partial charge is 0.573 e. The van der Waals surface area contributed by atoms with E-state index in [0.717, 1.165) is 0 Å². The molecule has 1 fully saturated rings. The Bertz CT molecular complexity index is 1160. The molecule has 1 aliphatic heterocycles. The van der Waals surface area contributed by atoms with E-state index in [0.29, 0.717) is 29.6 Å². The summed E-state index contributed by atoms with van der Waals surface area (Å²) in [7, 11) is 0. The molecule has 1 aromatic heterocycles. The first kappa shape index (κ1) is 19.7. The highest BCUT2D eigenvalue weighted by Gasteiger charge is 2.31. The second-order valence-electron chi connectivity index (χ2n) is 6.81. The van der Waals surface area contributed by atoms with Crippen LogP contribution in [0.5, 0.6) is 5.75 Å². The van der Waals surface area contributed by atoms with Gasteiger partial charge in [0.15, 0.2) is 0 Å². The van der Waals surface area contributed by atoms with Crippen LogP contribution in [0.3, 0.4) is 0 Å². The number of rotatable bonds is 3. The molecule has 11 heteroatoms. The van der Waals surface area contributed by atoms with Crippen LogP contribution >= 0.6 is 0 Å². The predicted octanol–water partition coefficient (Wildman–Crippen LogP) is 3.28. The van der Waals surface area contributed by atoms with Crippen LogP contribution < -0.4 is 10.3 Å². The number of nitrogens with zero attached hydrogens (tertiary/aromatic N) is 4. The van der Waals surface area contributed by atoms with Gasteiger partial charge in [0, 0.05) is 13.1 Å². The van der Waals surface area contributed by atoms with E-state index in [1.807, 2.05) is 0 Å². The van der Waals surface area contributed by atoms with Crippen molar-refractivity contribution in [1.29, 1.82) is 0 Å². The summed E-state index contributed by atoms with van der Waals surface area (Å²) in [5, 5.41) is 17.4. The van der Waals surface area contributed by atoms with Gasteiger partial charge in [-0.1, -0.05) is 23.4 Å². The number of aromatic nitrogens is 3. The Kier molecular flexibility index (Phi) is 4.80. The molecule has 30 heavy (non-hydrogen) atoms. The van der Waals surface area contributed by atoms with Gasteiger partial charge in [0.2, 0.25) is 0 Å². The third kappa shape index (κ3) is 3.91. The number of amides is 1. The highest BCUT2D eigenvalue weighted by Crippen LogP contribution is 2.28. The van der Waals surface area contributed by atoms with Crippen LogP contribution in [0.1, 0.15) is 12.5 Å². The Morgan fingerprint density at radius 2 is 1.83 bits per heavy atom. The molecule has 0 radical (unpaired) electrons. The van der Waals surface area contributed by atoms with E-state index in [1.165, 1.54) is 33.8 Å². The fraction of sp³-hybridized carbons (Fsp3) is 0.263. The Hall–Kier alpha value is -3.63. The fourth-order valence-corrected chi connectivity index (χ4v) is 3.44. The molecular formula is C19H15F3N4O4. The molecule has 1 saturated heterocycles. The van der Waals surface area contributed by atoms with Crippen molar-refractivity contribution in [3.63, 3.8) is 0 Å². The molecule has 4 rings (SSSR count). The van der Waals surface area contributed by atoms with Crippen molar-refractivity contribution in [1.82, 2.24) is 19.9 Å². The van der Waals surface area contributed by atoms with Crippen molar-refractivity contribution >= 4 is 17.0 Å². The first-order chi connectivity index (χ1) is 14.2. The molecule has 156 valence electrons. The first-order valence-electron chi connectivity index (χ1n) is 8.94. The van der Waals surface area contributed by atoms with Gasteiger partial charge in [-0.3, -0.25) is 4.79 Å². The molecule has 1 aliphatic rings. The lowest BCUT2D eigenvalue weighted by Crippen LogP contribution is -2.32. The summed E-state index contributed by atoms with van der Waals surface area (Å²) in [5.41, 5.74) is 1.16. The van der Waals surface area contributed by atoms with E-state index in [2.05, 4.69) is 15.0 Å². The molecule has 1 N–H and O–H groups in total. The topological polar surface area (TPSA) is 97.6 Å². The summed E-state index contributed by atoms with van der Waals surface area (Å²) >= 11 is 0. The van der Waals surface area contributed by atoms with Crippen LogP contribution in [-0.4, -0.2) is 50.5 Å². The number of likely N-dealkylation sites (tertiary alicyclic amines) is 1. The molecule has 0 saturated carbocycles. The van der Waals surface area contributed by atoms with Crippen molar-refractivity contribution in [3.8, 4) is 16.9 Å². The highest BCUT2D eigenvalue weighted by atomic mass is 19.4. The summed E-state index contributed by atoms with van der Waals surface area (Å²) in [6.07, 6.45) is -5.38. The van der Waals surface area contributed by atoms with Crippen molar-refractivity contribution in [2.75, 3.05) is 13.1 Å². The highest BCUT2D eigenvalue weighted by molar-refractivity contribution is 5.83. The SMILES string of the molecule is O=C(O)N1CC[C@H](n2nnc3ccc(-c4ccc(OC(F)(F)F)cc4)cc3c2=O)C1. The number of hydrogen-bond acceptors (Lipinski definition) is 5. The summed E-state index contributed by atoms with van der Waals surface area (Å²) in [6, 6.07) is 9.75. The smallest absolute Gasteiger partial charge is 0.465 e. The van der Waals surface area contributed by atoms with Gasteiger partial charge in [-0.2, -0.15) is 0 Å². The first-order valence-corrected chi connectivity index (χ1v) is 8.94. The van der Waals surface area contributed by atoms with E-state index >= 15 is 0 Å². The van der Waals surface area contributed by atoms with Crippen molar-refractivity contribution < 1.29 is 27.8 Å². The summed E-state index contributed by atoms with van der Waals surface area (Å²) in [4.78, 5) is 25.3. The van der Waals surface area contributed by atoms with Crippen LogP contribution in [0.25, 0.3) is 22.0 Å². The summed E-state index contributed by atoms with van der Waals surface area (Å²) in [6.45, 7) is 0.453. The molecule has 8 nitrogen and oxygen atoms in total. The van der Waals surface area contributed by atoms with Crippen molar-refractivity contribution in [2.24, 2.45) is 0 Å². The van der Waals surface area contributed by atoms with Gasteiger partial charge in [-0.05, 0) is 41.8 Å². The maximum atomic E-state index is 12.9. The zero-order chi connectivity index (χ0) is 21.5. The Balaban J connectivity index is 1.66. The van der Waals surface area contributed by atoms with Gasteiger partial charge < -0.3 is 14.7 Å². The van der Waals surface area contributed by atoms with E-state index < -0.39 is 24.1 Å². The summed E-state index contributed by atoms with van der Waals surface area (Å²) in [5.74, 6) is -0.343. The molecule has 0 unspecified atom stereocenters. The van der Waals surface area contributed by atoms with Crippen molar-refractivity contribution in [2.45, 2.75) is 18.8 Å². The normalized spacial score (nSPS) is 16.8. The molecule has 0 aliphatic carbocycles. The average molecular weight is 420 g/mol. The van der Waals surface area contributed by atoms with Gasteiger partial charge in [0.1, 0.15) is 11.3 Å². The Labute approximate surface area is 167 Å². The minimum atomic E-state index is -4.77. The van der Waals surface area contributed by atoms with Crippen LogP contribution in [0.15, 0.2) is 47.3 Å². The lowest BCUT2D eigenvalue weighted by Gasteiger charge is -2.14. The molecular weight excluding hydrogens is 405 g/mol. The van der Waals surface area contributed by atoms with Gasteiger partial charge in [0.05, 0.1) is 11.4 Å². The van der Waals surface area contributed by atoms with E-state index in [-0.39, 0.29) is 17.7 Å². The van der Waals surface area contributed by atoms with E-state index in [1.54, 1.807) is 18.2 Å². The van der Waals surface area contributed by atoms with E-state index in [9.17, 15) is 22.8 Å². The number of carboxylic acid groups (broad SMARTS) is 1. The zero-order valence-corrected chi connectivity index (χ0v) is 15.3. The third-order valence-electron chi connectivity index (χ3n) is 4.88. The molecule has 1 amide bonds. The molecule has 2 aromatic carbocycles. The van der Waals surface area contributed by atoms with Crippen LogP contribution in [0, 0.1) is 0 Å². The quantitative estimate of drug-likeness (QED) is 0.699. The third-order valence-corrected chi connectivity index (χ3v) is 4.88. The number of benzene rings is 2. The molecule has 2 heterocycles. The number of ether oxygens (including phenoxy) is 1. The summed E-state index contributed by atoms with van der Waals surface area (Å²) < 4.78 is 42.0. The average Bonchev–Trinajstić information content (AvgIpc) is 3.18. The molecule has 0 bridgehead atoms.